The van der Waals surface area contributed by atoms with Crippen LogP contribution in [0, 0.1) is 8.95 Å². The van der Waals surface area contributed by atoms with E-state index in [-0.39, 0.29) is 0 Å². The zero-order valence-corrected chi connectivity index (χ0v) is 5.91. The van der Waals surface area contributed by atoms with Crippen LogP contribution in [0.1, 0.15) is 0 Å². The molecule has 1 aromatic rings. The number of hydrogen-bond acceptors (Lipinski definition) is 1. The van der Waals surface area contributed by atoms with Gasteiger partial charge in [0.05, 0.1) is 5.38 Å². The summed E-state index contributed by atoms with van der Waals surface area (Å²) in [6.45, 7) is 0. The van der Waals surface area contributed by atoms with Crippen LogP contribution in [-0.2, 0) is 0 Å². The molecular formula is C4H2IS. The maximum Gasteiger partial charge on any atom is 0.0586 e. The summed E-state index contributed by atoms with van der Waals surface area (Å²) >= 11 is 3.84. The minimum Gasteiger partial charge on any atom is -0.142 e. The molecular weight excluding hydrogens is 207 g/mol. The highest BCUT2D eigenvalue weighted by Crippen LogP contribution is 2.05. The zero-order chi connectivity index (χ0) is 4.41. The Kier molecular flexibility index (Phi) is 1.48. The molecule has 0 aliphatic rings. The van der Waals surface area contributed by atoms with Crippen LogP contribution >= 0.6 is 33.9 Å². The molecule has 0 aliphatic carbocycles. The van der Waals surface area contributed by atoms with Crippen molar-refractivity contribution in [3.05, 3.63) is 20.4 Å². The van der Waals surface area contributed by atoms with Gasteiger partial charge in [0.1, 0.15) is 0 Å². The summed E-state index contributed by atoms with van der Waals surface area (Å²) in [6.07, 6.45) is 0. The third-order valence-corrected chi connectivity index (χ3v) is 2.04. The van der Waals surface area contributed by atoms with E-state index in [0.717, 1.165) is 0 Å². The van der Waals surface area contributed by atoms with Gasteiger partial charge >= 0.3 is 0 Å². The van der Waals surface area contributed by atoms with E-state index in [1.54, 1.807) is 11.3 Å². The lowest BCUT2D eigenvalue weighted by Crippen LogP contribution is -1.45. The van der Waals surface area contributed by atoms with Crippen LogP contribution in [0.25, 0.3) is 0 Å². The Morgan fingerprint density at radius 2 is 2.67 bits per heavy atom. The quantitative estimate of drug-likeness (QED) is 0.574. The molecule has 1 heterocycles. The van der Waals surface area contributed by atoms with E-state index in [9.17, 15) is 0 Å². The van der Waals surface area contributed by atoms with Crippen molar-refractivity contribution in [1.82, 2.24) is 0 Å². The summed E-state index contributed by atoms with van der Waals surface area (Å²) in [7, 11) is 0. The molecule has 0 atom stereocenters. The van der Waals surface area contributed by atoms with E-state index in [0.29, 0.717) is 0 Å². The van der Waals surface area contributed by atoms with Crippen molar-refractivity contribution in [2.24, 2.45) is 0 Å². The molecule has 0 unspecified atom stereocenters. The number of hydrogen-bond donors (Lipinski definition) is 0. The van der Waals surface area contributed by atoms with E-state index < -0.39 is 0 Å². The summed E-state index contributed by atoms with van der Waals surface area (Å²) < 4.78 is 1.21. The Hall–Kier alpha value is 0.430. The highest BCUT2D eigenvalue weighted by atomic mass is 127. The monoisotopic (exact) mass is 209 g/mol. The van der Waals surface area contributed by atoms with Crippen molar-refractivity contribution >= 4 is 33.9 Å². The maximum atomic E-state index is 3.03. The highest BCUT2D eigenvalue weighted by molar-refractivity contribution is 14.1. The van der Waals surface area contributed by atoms with E-state index in [1.165, 1.54) is 3.57 Å². The molecule has 0 aromatic carbocycles. The average Bonchev–Trinajstić information content (AvgIpc) is 1.86. The van der Waals surface area contributed by atoms with Gasteiger partial charge in [-0.15, -0.1) is 11.3 Å². The third-order valence-electron chi connectivity index (χ3n) is 0.439. The SMILES string of the molecule is Ic1[c]scc1. The minimum absolute atomic E-state index is 1.21. The van der Waals surface area contributed by atoms with Crippen molar-refractivity contribution < 1.29 is 0 Å². The summed E-state index contributed by atoms with van der Waals surface area (Å²) in [5.74, 6) is 0. The molecule has 0 saturated carbocycles. The largest absolute Gasteiger partial charge is 0.142 e. The van der Waals surface area contributed by atoms with Crippen molar-refractivity contribution in [2.45, 2.75) is 0 Å². The third kappa shape index (κ3) is 0.944. The summed E-state index contributed by atoms with van der Waals surface area (Å²) in [5.41, 5.74) is 0. The first-order valence-electron chi connectivity index (χ1n) is 1.50. The fourth-order valence-corrected chi connectivity index (χ4v) is 1.48. The molecule has 0 saturated heterocycles. The van der Waals surface area contributed by atoms with Crippen LogP contribution in [0.15, 0.2) is 11.4 Å². The molecule has 0 bridgehead atoms. The molecule has 0 spiro atoms. The minimum atomic E-state index is 1.21. The molecule has 0 fully saturated rings. The van der Waals surface area contributed by atoms with Crippen molar-refractivity contribution in [2.75, 3.05) is 0 Å². The van der Waals surface area contributed by atoms with Gasteiger partial charge in [-0.3, -0.25) is 0 Å². The van der Waals surface area contributed by atoms with E-state index in [1.807, 2.05) is 11.4 Å². The Bertz CT molecular complexity index is 111. The van der Waals surface area contributed by atoms with Crippen LogP contribution in [-0.4, -0.2) is 0 Å². The van der Waals surface area contributed by atoms with Crippen molar-refractivity contribution in [3.63, 3.8) is 0 Å². The first kappa shape index (κ1) is 4.59. The molecule has 0 N–H and O–H groups in total. The lowest BCUT2D eigenvalue weighted by Gasteiger charge is -1.61. The van der Waals surface area contributed by atoms with Gasteiger partial charge in [-0.2, -0.15) is 0 Å². The molecule has 2 heteroatoms. The van der Waals surface area contributed by atoms with Crippen LogP contribution in [0.4, 0.5) is 0 Å². The Morgan fingerprint density at radius 1 is 1.83 bits per heavy atom. The molecule has 6 heavy (non-hydrogen) atoms. The lowest BCUT2D eigenvalue weighted by atomic mass is 10.7. The topological polar surface area (TPSA) is 0 Å². The summed E-state index contributed by atoms with van der Waals surface area (Å²) in [4.78, 5) is 0. The van der Waals surface area contributed by atoms with Gasteiger partial charge < -0.3 is 0 Å². The van der Waals surface area contributed by atoms with Gasteiger partial charge in [0.15, 0.2) is 0 Å². The molecule has 1 rings (SSSR count). The Balaban J connectivity index is 3.05. The molecule has 1 radical (unpaired) electrons. The Labute approximate surface area is 54.3 Å². The van der Waals surface area contributed by atoms with Gasteiger partial charge in [0.2, 0.25) is 0 Å². The van der Waals surface area contributed by atoms with Gasteiger partial charge in [0, 0.05) is 3.57 Å². The molecule has 1 aromatic heterocycles. The summed E-state index contributed by atoms with van der Waals surface area (Å²) in [6, 6.07) is 2.03. The molecule has 0 nitrogen and oxygen atoms in total. The van der Waals surface area contributed by atoms with Gasteiger partial charge in [-0.1, -0.05) is 0 Å². The second-order valence-corrected chi connectivity index (χ2v) is 2.74. The number of halogens is 1. The number of rotatable bonds is 0. The van der Waals surface area contributed by atoms with E-state index in [4.69, 9.17) is 0 Å². The molecule has 0 aliphatic heterocycles. The first-order valence-corrected chi connectivity index (χ1v) is 3.46. The van der Waals surface area contributed by atoms with Crippen LogP contribution in [0.3, 0.4) is 0 Å². The fraction of sp³-hybridized carbons (Fsp3) is 0. The average molecular weight is 209 g/mol. The standard InChI is InChI=1S/C4H2IS/c5-4-1-2-6-3-4/h1-2H. The van der Waals surface area contributed by atoms with Gasteiger partial charge in [-0.05, 0) is 34.0 Å². The summed E-state index contributed by atoms with van der Waals surface area (Å²) in [5, 5.41) is 5.04. The lowest BCUT2D eigenvalue weighted by molar-refractivity contribution is 1.88. The molecule has 31 valence electrons. The van der Waals surface area contributed by atoms with Crippen molar-refractivity contribution in [3.8, 4) is 0 Å². The predicted octanol–water partition coefficient (Wildman–Crippen LogP) is 2.15. The van der Waals surface area contributed by atoms with Crippen LogP contribution in [0.2, 0.25) is 0 Å². The maximum absolute atomic E-state index is 3.03. The number of thiophene rings is 1. The highest BCUT2D eigenvalue weighted by Gasteiger charge is 1.78. The second-order valence-electron chi connectivity index (χ2n) is 0.871. The normalized spacial score (nSPS) is 8.83. The van der Waals surface area contributed by atoms with Gasteiger partial charge in [0.25, 0.3) is 0 Å². The van der Waals surface area contributed by atoms with Gasteiger partial charge in [-0.25, -0.2) is 0 Å². The van der Waals surface area contributed by atoms with Crippen molar-refractivity contribution in [1.29, 1.82) is 0 Å². The smallest absolute Gasteiger partial charge is 0.0586 e. The predicted molar refractivity (Wildman–Crippen MR) is 35.9 cm³/mol. The van der Waals surface area contributed by atoms with E-state index in [2.05, 4.69) is 28.0 Å². The fourth-order valence-electron chi connectivity index (χ4n) is 0.218. The first-order chi connectivity index (χ1) is 2.89. The van der Waals surface area contributed by atoms with Crippen LogP contribution in [0.5, 0.6) is 0 Å². The van der Waals surface area contributed by atoms with Crippen LogP contribution < -0.4 is 0 Å². The zero-order valence-electron chi connectivity index (χ0n) is 2.94. The second kappa shape index (κ2) is 1.93. The Morgan fingerprint density at radius 3 is 2.83 bits per heavy atom. The molecule has 0 amide bonds. The van der Waals surface area contributed by atoms with E-state index >= 15 is 0 Å².